The van der Waals surface area contributed by atoms with Crippen molar-refractivity contribution in [2.75, 3.05) is 23.7 Å². The lowest BCUT2D eigenvalue weighted by Gasteiger charge is -2.19. The van der Waals surface area contributed by atoms with E-state index >= 15 is 0 Å². The topological polar surface area (TPSA) is 98.1 Å². The van der Waals surface area contributed by atoms with Gasteiger partial charge >= 0.3 is 5.69 Å². The lowest BCUT2D eigenvalue weighted by atomic mass is 10.2. The van der Waals surface area contributed by atoms with Crippen LogP contribution in [0.25, 0.3) is 11.0 Å². The third-order valence-corrected chi connectivity index (χ3v) is 5.08. The van der Waals surface area contributed by atoms with E-state index in [0.29, 0.717) is 27.4 Å². The molecule has 1 aromatic heterocycles. The summed E-state index contributed by atoms with van der Waals surface area (Å²) in [5.41, 5.74) is 1.61. The molecule has 9 heteroatoms. The number of hydrogen-bond acceptors (Lipinski definition) is 4. The maximum atomic E-state index is 12.7. The summed E-state index contributed by atoms with van der Waals surface area (Å²) in [6, 6.07) is 9.32. The lowest BCUT2D eigenvalue weighted by Crippen LogP contribution is -2.17. The Morgan fingerprint density at radius 3 is 2.46 bits per heavy atom. The zero-order valence-electron chi connectivity index (χ0n) is 12.9. The van der Waals surface area contributed by atoms with Gasteiger partial charge in [0.2, 0.25) is 0 Å². The average molecular weight is 367 g/mol. The van der Waals surface area contributed by atoms with E-state index in [9.17, 15) is 13.2 Å². The maximum absolute atomic E-state index is 12.7. The van der Waals surface area contributed by atoms with Crippen LogP contribution in [-0.2, 0) is 10.0 Å². The van der Waals surface area contributed by atoms with Crippen LogP contribution in [0.2, 0.25) is 5.02 Å². The SMILES string of the molecule is CN(C)c1ccc(Cl)cc1NS(=O)(=O)c1ccc2[nH]c(=O)[nH]c2c1. The fourth-order valence-corrected chi connectivity index (χ4v) is 3.63. The van der Waals surface area contributed by atoms with Crippen molar-refractivity contribution < 1.29 is 8.42 Å². The number of rotatable bonds is 4. The summed E-state index contributed by atoms with van der Waals surface area (Å²) in [7, 11) is -0.233. The van der Waals surface area contributed by atoms with Crippen LogP contribution in [0.3, 0.4) is 0 Å². The van der Waals surface area contributed by atoms with E-state index in [4.69, 9.17) is 11.6 Å². The first-order valence-corrected chi connectivity index (χ1v) is 8.84. The number of nitrogens with zero attached hydrogens (tertiary/aromatic N) is 1. The molecule has 0 amide bonds. The molecule has 3 rings (SSSR count). The molecule has 0 saturated heterocycles. The van der Waals surface area contributed by atoms with Crippen LogP contribution in [0.15, 0.2) is 46.1 Å². The number of imidazole rings is 1. The average Bonchev–Trinajstić information content (AvgIpc) is 2.85. The minimum absolute atomic E-state index is 0.0370. The Morgan fingerprint density at radius 1 is 1.04 bits per heavy atom. The van der Waals surface area contributed by atoms with Crippen molar-refractivity contribution >= 4 is 44.0 Å². The minimum Gasteiger partial charge on any atom is -0.376 e. The highest BCUT2D eigenvalue weighted by atomic mass is 35.5. The van der Waals surface area contributed by atoms with E-state index in [2.05, 4.69) is 14.7 Å². The van der Waals surface area contributed by atoms with Gasteiger partial charge in [0.15, 0.2) is 0 Å². The molecule has 0 aliphatic heterocycles. The second kappa shape index (κ2) is 5.88. The van der Waals surface area contributed by atoms with Crippen LogP contribution >= 0.6 is 11.6 Å². The van der Waals surface area contributed by atoms with E-state index in [1.54, 1.807) is 37.2 Å². The molecule has 0 fully saturated rings. The van der Waals surface area contributed by atoms with Gasteiger partial charge in [-0.25, -0.2) is 13.2 Å². The van der Waals surface area contributed by atoms with Gasteiger partial charge in [0.05, 0.1) is 27.3 Å². The number of aromatic amines is 2. The third kappa shape index (κ3) is 3.10. The Morgan fingerprint density at radius 2 is 1.75 bits per heavy atom. The van der Waals surface area contributed by atoms with Gasteiger partial charge in [0.25, 0.3) is 10.0 Å². The van der Waals surface area contributed by atoms with E-state index in [-0.39, 0.29) is 4.90 Å². The molecule has 0 radical (unpaired) electrons. The van der Waals surface area contributed by atoms with E-state index in [1.807, 2.05) is 0 Å². The predicted octanol–water partition coefficient (Wildman–Crippen LogP) is 2.38. The number of sulfonamides is 1. The molecule has 0 bridgehead atoms. The minimum atomic E-state index is -3.84. The monoisotopic (exact) mass is 366 g/mol. The number of H-pyrrole nitrogens is 2. The third-order valence-electron chi connectivity index (χ3n) is 3.48. The molecule has 126 valence electrons. The molecule has 7 nitrogen and oxygen atoms in total. The molecule has 3 aromatic rings. The zero-order chi connectivity index (χ0) is 17.5. The lowest BCUT2D eigenvalue weighted by molar-refractivity contribution is 0.601. The smallest absolute Gasteiger partial charge is 0.323 e. The van der Waals surface area contributed by atoms with Gasteiger partial charge in [-0.3, -0.25) is 4.72 Å². The van der Waals surface area contributed by atoms with Crippen LogP contribution in [-0.4, -0.2) is 32.5 Å². The molecule has 1 heterocycles. The summed E-state index contributed by atoms with van der Waals surface area (Å²) in [6.45, 7) is 0. The second-order valence-corrected chi connectivity index (χ2v) is 7.57. The van der Waals surface area contributed by atoms with Crippen LogP contribution in [0.5, 0.6) is 0 Å². The van der Waals surface area contributed by atoms with Crippen LogP contribution in [0, 0.1) is 0 Å². The largest absolute Gasteiger partial charge is 0.376 e. The van der Waals surface area contributed by atoms with Gasteiger partial charge in [-0.05, 0) is 36.4 Å². The fraction of sp³-hybridized carbons (Fsp3) is 0.133. The van der Waals surface area contributed by atoms with Crippen molar-refractivity contribution in [1.82, 2.24) is 9.97 Å². The number of halogens is 1. The summed E-state index contributed by atoms with van der Waals surface area (Å²) in [5, 5.41) is 0.420. The molecule has 0 aliphatic rings. The number of fused-ring (bicyclic) bond motifs is 1. The van der Waals surface area contributed by atoms with Crippen LogP contribution in [0.4, 0.5) is 11.4 Å². The number of nitrogens with one attached hydrogen (secondary N) is 3. The van der Waals surface area contributed by atoms with Crippen molar-refractivity contribution in [3.05, 3.63) is 51.9 Å². The fourth-order valence-electron chi connectivity index (χ4n) is 2.36. The Bertz CT molecular complexity index is 1070. The zero-order valence-corrected chi connectivity index (χ0v) is 14.5. The second-order valence-electron chi connectivity index (χ2n) is 5.45. The van der Waals surface area contributed by atoms with E-state index in [0.717, 1.165) is 0 Å². The molecule has 0 aliphatic carbocycles. The molecule has 0 atom stereocenters. The molecule has 3 N–H and O–H groups in total. The Balaban J connectivity index is 2.04. The van der Waals surface area contributed by atoms with Gasteiger partial charge in [0.1, 0.15) is 0 Å². The van der Waals surface area contributed by atoms with E-state index in [1.165, 1.54) is 18.2 Å². The van der Waals surface area contributed by atoms with Crippen LogP contribution in [0.1, 0.15) is 0 Å². The number of benzene rings is 2. The van der Waals surface area contributed by atoms with Gasteiger partial charge in [-0.1, -0.05) is 11.6 Å². The Hall–Kier alpha value is -2.45. The highest BCUT2D eigenvalue weighted by Crippen LogP contribution is 2.30. The summed E-state index contributed by atoms with van der Waals surface area (Å²) in [6.07, 6.45) is 0. The summed E-state index contributed by atoms with van der Waals surface area (Å²) >= 11 is 5.98. The molecule has 0 spiro atoms. The molecular weight excluding hydrogens is 352 g/mol. The summed E-state index contributed by atoms with van der Waals surface area (Å²) < 4.78 is 27.9. The molecule has 0 unspecified atom stereocenters. The highest BCUT2D eigenvalue weighted by Gasteiger charge is 2.18. The molecule has 24 heavy (non-hydrogen) atoms. The van der Waals surface area contributed by atoms with Crippen LogP contribution < -0.4 is 15.3 Å². The van der Waals surface area contributed by atoms with Gasteiger partial charge in [-0.2, -0.15) is 0 Å². The molecule has 0 saturated carbocycles. The first-order valence-electron chi connectivity index (χ1n) is 6.98. The van der Waals surface area contributed by atoms with Crippen molar-refractivity contribution in [3.8, 4) is 0 Å². The first kappa shape index (κ1) is 16.4. The maximum Gasteiger partial charge on any atom is 0.323 e. The highest BCUT2D eigenvalue weighted by molar-refractivity contribution is 7.92. The van der Waals surface area contributed by atoms with Gasteiger partial charge in [-0.15, -0.1) is 0 Å². The summed E-state index contributed by atoms with van der Waals surface area (Å²) in [5.74, 6) is 0. The quantitative estimate of drug-likeness (QED) is 0.660. The Kier molecular flexibility index (Phi) is 4.02. The van der Waals surface area contributed by atoms with Gasteiger partial charge in [0, 0.05) is 19.1 Å². The number of anilines is 2. The first-order chi connectivity index (χ1) is 11.3. The molecule has 2 aromatic carbocycles. The Labute approximate surface area is 143 Å². The van der Waals surface area contributed by atoms with E-state index < -0.39 is 15.7 Å². The van der Waals surface area contributed by atoms with Crippen molar-refractivity contribution in [3.63, 3.8) is 0 Å². The number of aromatic nitrogens is 2. The number of hydrogen-bond donors (Lipinski definition) is 3. The summed E-state index contributed by atoms with van der Waals surface area (Å²) in [4.78, 5) is 18.2. The van der Waals surface area contributed by atoms with Crippen molar-refractivity contribution in [2.24, 2.45) is 0 Å². The van der Waals surface area contributed by atoms with Crippen molar-refractivity contribution in [1.29, 1.82) is 0 Å². The van der Waals surface area contributed by atoms with Crippen molar-refractivity contribution in [2.45, 2.75) is 4.90 Å². The standard InChI is InChI=1S/C15H15ClN4O3S/c1-20(2)14-6-3-9(16)7-13(14)19-24(22,23)10-4-5-11-12(8-10)18-15(21)17-11/h3-8,19H,1-2H3,(H2,17,18,21). The predicted molar refractivity (Wildman–Crippen MR) is 95.5 cm³/mol. The van der Waals surface area contributed by atoms with Gasteiger partial charge < -0.3 is 14.9 Å². The molecular formula is C15H15ClN4O3S. The normalized spacial score (nSPS) is 11.6.